The summed E-state index contributed by atoms with van der Waals surface area (Å²) in [5.41, 5.74) is 1.99. The molecule has 0 radical (unpaired) electrons. The summed E-state index contributed by atoms with van der Waals surface area (Å²) in [6.45, 7) is 3.77. The van der Waals surface area contributed by atoms with Gasteiger partial charge in [0.15, 0.2) is 6.10 Å². The van der Waals surface area contributed by atoms with Crippen LogP contribution < -0.4 is 19.5 Å². The molecule has 0 aromatic heterocycles. The average molecular weight is 455 g/mol. The Morgan fingerprint density at radius 1 is 0.938 bits per heavy atom. The molecular weight excluding hydrogens is 428 g/mol. The summed E-state index contributed by atoms with van der Waals surface area (Å²) in [7, 11) is -2.18. The van der Waals surface area contributed by atoms with Crippen molar-refractivity contribution in [2.75, 3.05) is 17.1 Å². The summed E-state index contributed by atoms with van der Waals surface area (Å²) in [6, 6.07) is 20.0. The molecule has 8 heteroatoms. The van der Waals surface area contributed by atoms with Gasteiger partial charge >= 0.3 is 0 Å². The molecule has 3 aromatic carbocycles. The molecule has 1 atom stereocenters. The van der Waals surface area contributed by atoms with Gasteiger partial charge in [-0.2, -0.15) is 0 Å². The molecule has 0 bridgehead atoms. The van der Waals surface area contributed by atoms with Gasteiger partial charge in [-0.3, -0.25) is 9.52 Å². The van der Waals surface area contributed by atoms with Crippen molar-refractivity contribution in [1.82, 2.24) is 0 Å². The number of anilines is 2. The summed E-state index contributed by atoms with van der Waals surface area (Å²) >= 11 is 0. The molecule has 168 valence electrons. The number of rotatable bonds is 9. The Labute approximate surface area is 188 Å². The number of sulfonamides is 1. The number of ether oxygens (including phenoxy) is 2. The van der Waals surface area contributed by atoms with Crippen molar-refractivity contribution in [2.24, 2.45) is 0 Å². The number of carbonyl (C=O) groups excluding carboxylic acids is 1. The van der Waals surface area contributed by atoms with E-state index >= 15 is 0 Å². The smallest absolute Gasteiger partial charge is 0.265 e. The molecule has 0 saturated carbocycles. The van der Waals surface area contributed by atoms with Crippen molar-refractivity contribution < 1.29 is 22.7 Å². The van der Waals surface area contributed by atoms with E-state index in [4.69, 9.17) is 9.47 Å². The first kappa shape index (κ1) is 23.1. The minimum absolute atomic E-state index is 0.0933. The van der Waals surface area contributed by atoms with E-state index in [2.05, 4.69) is 10.0 Å². The van der Waals surface area contributed by atoms with Gasteiger partial charge in [-0.25, -0.2) is 8.42 Å². The van der Waals surface area contributed by atoms with Crippen molar-refractivity contribution in [3.63, 3.8) is 0 Å². The van der Waals surface area contributed by atoms with Crippen LogP contribution in [0.3, 0.4) is 0 Å². The first-order valence-corrected chi connectivity index (χ1v) is 11.6. The van der Waals surface area contributed by atoms with Crippen molar-refractivity contribution in [1.29, 1.82) is 0 Å². The van der Waals surface area contributed by atoms with Crippen LogP contribution in [0.25, 0.3) is 0 Å². The first-order chi connectivity index (χ1) is 15.3. The van der Waals surface area contributed by atoms with E-state index in [1.165, 1.54) is 12.1 Å². The zero-order chi connectivity index (χ0) is 23.1. The van der Waals surface area contributed by atoms with Crippen LogP contribution in [0.4, 0.5) is 11.4 Å². The van der Waals surface area contributed by atoms with Gasteiger partial charge in [-0.1, -0.05) is 30.7 Å². The van der Waals surface area contributed by atoms with E-state index in [1.807, 2.05) is 26.0 Å². The normalized spacial score (nSPS) is 12.0. The monoisotopic (exact) mass is 454 g/mol. The Bertz CT molecular complexity index is 1160. The average Bonchev–Trinajstić information content (AvgIpc) is 2.79. The van der Waals surface area contributed by atoms with Crippen LogP contribution in [0, 0.1) is 6.92 Å². The van der Waals surface area contributed by atoms with Crippen molar-refractivity contribution in [3.05, 3.63) is 78.4 Å². The first-order valence-electron chi connectivity index (χ1n) is 10.1. The van der Waals surface area contributed by atoms with Crippen LogP contribution in [-0.4, -0.2) is 27.5 Å². The lowest BCUT2D eigenvalue weighted by Gasteiger charge is -2.18. The Kier molecular flexibility index (Phi) is 7.37. The second kappa shape index (κ2) is 10.2. The molecule has 0 saturated heterocycles. The molecule has 2 N–H and O–H groups in total. The Balaban J connectivity index is 1.65. The van der Waals surface area contributed by atoms with Gasteiger partial charge in [0.25, 0.3) is 15.9 Å². The molecule has 0 fully saturated rings. The van der Waals surface area contributed by atoms with Gasteiger partial charge in [-0.15, -0.1) is 0 Å². The SMILES string of the molecule is CC[C@@H](Oc1cccc(OC)c1)C(=O)Nc1ccc(S(=O)(=O)Nc2ccc(C)cc2)cc1. The fourth-order valence-electron chi connectivity index (χ4n) is 2.94. The van der Waals surface area contributed by atoms with Crippen LogP contribution in [0.5, 0.6) is 11.5 Å². The number of hydrogen-bond acceptors (Lipinski definition) is 5. The minimum atomic E-state index is -3.74. The lowest BCUT2D eigenvalue weighted by molar-refractivity contribution is -0.122. The second-order valence-electron chi connectivity index (χ2n) is 7.18. The predicted octanol–water partition coefficient (Wildman–Crippen LogP) is 4.60. The molecule has 1 amide bonds. The van der Waals surface area contributed by atoms with Gasteiger partial charge in [0.2, 0.25) is 0 Å². The standard InChI is InChI=1S/C24H26N2O5S/c1-4-23(31-21-7-5-6-20(16-21)30-3)24(27)25-18-12-14-22(15-13-18)32(28,29)26-19-10-8-17(2)9-11-19/h5-16,23,26H,4H2,1-3H3,(H,25,27)/t23-/m1/s1. The highest BCUT2D eigenvalue weighted by Crippen LogP contribution is 2.22. The maximum atomic E-state index is 12.7. The zero-order valence-electron chi connectivity index (χ0n) is 18.2. The van der Waals surface area contributed by atoms with Crippen molar-refractivity contribution >= 4 is 27.3 Å². The van der Waals surface area contributed by atoms with E-state index in [0.29, 0.717) is 29.3 Å². The summed E-state index contributed by atoms with van der Waals surface area (Å²) in [4.78, 5) is 12.7. The maximum Gasteiger partial charge on any atom is 0.265 e. The van der Waals surface area contributed by atoms with Gasteiger partial charge < -0.3 is 14.8 Å². The molecular formula is C24H26N2O5S. The molecule has 0 aliphatic rings. The quantitative estimate of drug-likeness (QED) is 0.493. The third kappa shape index (κ3) is 6.01. The molecule has 3 aromatic rings. The lowest BCUT2D eigenvalue weighted by Crippen LogP contribution is -2.32. The zero-order valence-corrected chi connectivity index (χ0v) is 19.0. The van der Waals surface area contributed by atoms with Crippen molar-refractivity contribution in [3.8, 4) is 11.5 Å². The van der Waals surface area contributed by atoms with Crippen LogP contribution in [-0.2, 0) is 14.8 Å². The number of amides is 1. The highest BCUT2D eigenvalue weighted by Gasteiger charge is 2.20. The van der Waals surface area contributed by atoms with Gasteiger partial charge in [0, 0.05) is 17.4 Å². The molecule has 7 nitrogen and oxygen atoms in total. The third-order valence-electron chi connectivity index (χ3n) is 4.72. The van der Waals surface area contributed by atoms with Crippen LogP contribution in [0.1, 0.15) is 18.9 Å². The highest BCUT2D eigenvalue weighted by molar-refractivity contribution is 7.92. The fraction of sp³-hybridized carbons (Fsp3) is 0.208. The maximum absolute atomic E-state index is 12.7. The van der Waals surface area contributed by atoms with Crippen molar-refractivity contribution in [2.45, 2.75) is 31.3 Å². The summed E-state index contributed by atoms with van der Waals surface area (Å²) in [5.74, 6) is 0.826. The Morgan fingerprint density at radius 3 is 2.19 bits per heavy atom. The van der Waals surface area contributed by atoms with Crippen LogP contribution in [0.15, 0.2) is 77.7 Å². The number of carbonyl (C=O) groups is 1. The van der Waals surface area contributed by atoms with Gasteiger partial charge in [-0.05, 0) is 61.9 Å². The van der Waals surface area contributed by atoms with Crippen LogP contribution in [0.2, 0.25) is 0 Å². The Morgan fingerprint density at radius 2 is 1.56 bits per heavy atom. The largest absolute Gasteiger partial charge is 0.497 e. The predicted molar refractivity (Wildman–Crippen MR) is 125 cm³/mol. The van der Waals surface area contributed by atoms with E-state index in [9.17, 15) is 13.2 Å². The van der Waals surface area contributed by atoms with Gasteiger partial charge in [0.1, 0.15) is 11.5 Å². The van der Waals surface area contributed by atoms with E-state index in [1.54, 1.807) is 55.6 Å². The molecule has 0 unspecified atom stereocenters. The topological polar surface area (TPSA) is 93.7 Å². The molecule has 0 aliphatic heterocycles. The number of benzene rings is 3. The molecule has 32 heavy (non-hydrogen) atoms. The number of aryl methyl sites for hydroxylation is 1. The summed E-state index contributed by atoms with van der Waals surface area (Å²) in [6.07, 6.45) is -0.260. The number of hydrogen-bond donors (Lipinski definition) is 2. The fourth-order valence-corrected chi connectivity index (χ4v) is 4.00. The number of methoxy groups -OCH3 is 1. The third-order valence-corrected chi connectivity index (χ3v) is 6.12. The molecule has 3 rings (SSSR count). The molecule has 0 heterocycles. The second-order valence-corrected chi connectivity index (χ2v) is 8.86. The van der Waals surface area contributed by atoms with Crippen LogP contribution >= 0.6 is 0 Å². The minimum Gasteiger partial charge on any atom is -0.497 e. The molecule has 0 aliphatic carbocycles. The lowest BCUT2D eigenvalue weighted by atomic mass is 10.2. The Hall–Kier alpha value is -3.52. The highest BCUT2D eigenvalue weighted by atomic mass is 32.2. The molecule has 0 spiro atoms. The van der Waals surface area contributed by atoms with E-state index in [-0.39, 0.29) is 10.8 Å². The summed E-state index contributed by atoms with van der Waals surface area (Å²) in [5, 5.41) is 2.77. The van der Waals surface area contributed by atoms with E-state index in [0.717, 1.165) is 5.56 Å². The van der Waals surface area contributed by atoms with E-state index < -0.39 is 16.1 Å². The number of nitrogens with one attached hydrogen (secondary N) is 2. The summed E-state index contributed by atoms with van der Waals surface area (Å²) < 4.78 is 38.7. The van der Waals surface area contributed by atoms with Gasteiger partial charge in [0.05, 0.1) is 12.0 Å².